The van der Waals surface area contributed by atoms with Crippen LogP contribution in [0.4, 0.5) is 11.4 Å². The minimum Gasteiger partial charge on any atom is -0.507 e. The van der Waals surface area contributed by atoms with Crippen LogP contribution in [0.15, 0.2) is 52.5 Å². The predicted molar refractivity (Wildman–Crippen MR) is 84.8 cm³/mol. The van der Waals surface area contributed by atoms with Crippen molar-refractivity contribution in [1.29, 1.82) is 0 Å². The number of hydrazone groups is 1. The molecular formula is C13H9Cl2N3OS. The van der Waals surface area contributed by atoms with Gasteiger partial charge >= 0.3 is 0 Å². The number of phenols is 1. The van der Waals surface area contributed by atoms with Crippen molar-refractivity contribution in [3.05, 3.63) is 47.5 Å². The van der Waals surface area contributed by atoms with E-state index in [0.717, 1.165) is 11.4 Å². The number of hydrogen-bond acceptors (Lipinski definition) is 5. The molecule has 20 heavy (non-hydrogen) atoms. The molecule has 2 aromatic rings. The first-order valence-electron chi connectivity index (χ1n) is 5.70. The van der Waals surface area contributed by atoms with Gasteiger partial charge in [0, 0.05) is 5.02 Å². The van der Waals surface area contributed by atoms with Gasteiger partial charge < -0.3 is 5.11 Å². The normalized spacial score (nSPS) is 13.5. The van der Waals surface area contributed by atoms with Crippen molar-refractivity contribution in [3.63, 3.8) is 0 Å². The number of nitrogens with zero attached hydrogens (tertiary/aromatic N) is 2. The van der Waals surface area contributed by atoms with Crippen molar-refractivity contribution >= 4 is 51.8 Å². The van der Waals surface area contributed by atoms with E-state index in [-0.39, 0.29) is 11.0 Å². The Kier molecular flexibility index (Phi) is 3.65. The second-order valence-electron chi connectivity index (χ2n) is 4.01. The van der Waals surface area contributed by atoms with Crippen molar-refractivity contribution in [2.75, 3.05) is 9.73 Å². The van der Waals surface area contributed by atoms with E-state index in [0.29, 0.717) is 9.92 Å². The van der Waals surface area contributed by atoms with Crippen molar-refractivity contribution in [2.45, 2.75) is 4.90 Å². The Balaban J connectivity index is 1.98. The molecule has 0 radical (unpaired) electrons. The Morgan fingerprint density at radius 2 is 1.95 bits per heavy atom. The van der Waals surface area contributed by atoms with E-state index in [9.17, 15) is 5.11 Å². The number of nitrogens with one attached hydrogen (secondary N) is 1. The number of anilines is 2. The second kappa shape index (κ2) is 5.44. The highest BCUT2D eigenvalue weighted by Crippen LogP contribution is 2.41. The van der Waals surface area contributed by atoms with Crippen LogP contribution in [0.1, 0.15) is 0 Å². The van der Waals surface area contributed by atoms with Crippen LogP contribution in [0.2, 0.25) is 5.02 Å². The first-order chi connectivity index (χ1) is 9.65. The molecule has 0 unspecified atom stereocenters. The van der Waals surface area contributed by atoms with Crippen LogP contribution in [0.5, 0.6) is 5.75 Å². The maximum atomic E-state index is 9.85. The number of aromatic hydroxyl groups is 1. The van der Waals surface area contributed by atoms with Gasteiger partial charge in [0.05, 0.1) is 16.3 Å². The van der Waals surface area contributed by atoms with E-state index in [2.05, 4.69) is 10.5 Å². The fraction of sp³-hybridized carbons (Fsp3) is 0. The molecule has 0 bridgehead atoms. The van der Waals surface area contributed by atoms with Gasteiger partial charge in [0.2, 0.25) is 5.29 Å². The molecule has 0 aliphatic carbocycles. The lowest BCUT2D eigenvalue weighted by Gasteiger charge is -2.27. The summed E-state index contributed by atoms with van der Waals surface area (Å²) in [5, 5.41) is 14.7. The summed E-state index contributed by atoms with van der Waals surface area (Å²) in [4.78, 5) is 0.684. The Hall–Kier alpha value is -1.56. The third-order valence-corrected chi connectivity index (χ3v) is 4.35. The van der Waals surface area contributed by atoms with E-state index < -0.39 is 0 Å². The van der Waals surface area contributed by atoms with Gasteiger partial charge in [-0.25, -0.2) is 0 Å². The zero-order valence-electron chi connectivity index (χ0n) is 10.0. The van der Waals surface area contributed by atoms with E-state index in [1.807, 2.05) is 18.2 Å². The highest BCUT2D eigenvalue weighted by Gasteiger charge is 2.22. The Bertz CT molecular complexity index is 693. The number of hydrogen-bond donors (Lipinski definition) is 2. The molecule has 0 saturated carbocycles. The first kappa shape index (κ1) is 13.4. The van der Waals surface area contributed by atoms with Crippen molar-refractivity contribution in [3.8, 4) is 5.75 Å². The molecule has 0 spiro atoms. The average Bonchev–Trinajstić information content (AvgIpc) is 2.44. The van der Waals surface area contributed by atoms with Crippen LogP contribution >= 0.6 is 35.1 Å². The van der Waals surface area contributed by atoms with E-state index in [1.165, 1.54) is 11.9 Å². The third-order valence-electron chi connectivity index (χ3n) is 2.67. The number of para-hydroxylation sites is 1. The minimum absolute atomic E-state index is 0.191. The molecule has 4 nitrogen and oxygen atoms in total. The topological polar surface area (TPSA) is 47.9 Å². The summed E-state index contributed by atoms with van der Waals surface area (Å²) in [6, 6.07) is 12.4. The summed E-state index contributed by atoms with van der Waals surface area (Å²) < 4.78 is 1.72. The van der Waals surface area contributed by atoms with Crippen LogP contribution < -0.4 is 9.73 Å². The van der Waals surface area contributed by atoms with Crippen LogP contribution in [0, 0.1) is 0 Å². The number of rotatable bonds is 2. The van der Waals surface area contributed by atoms with Crippen LogP contribution in [0.3, 0.4) is 0 Å². The molecule has 7 heteroatoms. The Morgan fingerprint density at radius 3 is 2.75 bits per heavy atom. The molecule has 3 rings (SSSR count). The monoisotopic (exact) mass is 325 g/mol. The standard InChI is InChI=1S/C13H9Cl2N3OS/c14-8-5-6-10-9(7-8)16-17-13(15)18(10)20-12-4-2-1-3-11(12)19/h1-7,16,19H. The molecule has 102 valence electrons. The molecule has 1 aliphatic heterocycles. The maximum absolute atomic E-state index is 9.85. The smallest absolute Gasteiger partial charge is 0.232 e. The van der Waals surface area contributed by atoms with Gasteiger partial charge in [-0.2, -0.15) is 0 Å². The first-order valence-corrected chi connectivity index (χ1v) is 7.23. The van der Waals surface area contributed by atoms with Crippen molar-refractivity contribution in [2.24, 2.45) is 5.10 Å². The Morgan fingerprint density at radius 1 is 1.15 bits per heavy atom. The fourth-order valence-corrected chi connectivity index (χ4v) is 3.03. The largest absolute Gasteiger partial charge is 0.507 e. The second-order valence-corrected chi connectivity index (χ2v) is 5.77. The van der Waals surface area contributed by atoms with Gasteiger partial charge in [0.25, 0.3) is 0 Å². The van der Waals surface area contributed by atoms with Crippen LogP contribution in [-0.4, -0.2) is 10.4 Å². The summed E-state index contributed by atoms with van der Waals surface area (Å²) in [6.07, 6.45) is 0. The molecule has 1 heterocycles. The molecule has 0 amide bonds. The van der Waals surface area contributed by atoms with Gasteiger partial charge in [0.15, 0.2) is 0 Å². The molecule has 2 N–H and O–H groups in total. The molecule has 1 aliphatic rings. The van der Waals surface area contributed by atoms with Gasteiger partial charge in [0.1, 0.15) is 5.75 Å². The van der Waals surface area contributed by atoms with Gasteiger partial charge in [-0.1, -0.05) is 23.7 Å². The molecular weight excluding hydrogens is 317 g/mol. The van der Waals surface area contributed by atoms with Crippen LogP contribution in [0.25, 0.3) is 0 Å². The predicted octanol–water partition coefficient (Wildman–Crippen LogP) is 4.49. The molecule has 0 saturated heterocycles. The lowest BCUT2D eigenvalue weighted by Crippen LogP contribution is -2.24. The fourth-order valence-electron chi connectivity index (χ4n) is 1.75. The van der Waals surface area contributed by atoms with Gasteiger partial charge in [-0.15, -0.1) is 5.10 Å². The lowest BCUT2D eigenvalue weighted by atomic mass is 10.2. The minimum atomic E-state index is 0.191. The summed E-state index contributed by atoms with van der Waals surface area (Å²) in [6.45, 7) is 0. The SMILES string of the molecule is Oc1ccccc1SN1C(Cl)=NNc2cc(Cl)ccc21. The highest BCUT2D eigenvalue weighted by molar-refractivity contribution is 8.01. The molecule has 0 fully saturated rings. The summed E-state index contributed by atoms with van der Waals surface area (Å²) in [7, 11) is 0. The summed E-state index contributed by atoms with van der Waals surface area (Å²) in [5.74, 6) is 0.191. The number of benzene rings is 2. The molecule has 0 atom stereocenters. The number of amidine groups is 1. The maximum Gasteiger partial charge on any atom is 0.232 e. The number of phenolic OH excluding ortho intramolecular Hbond substituents is 1. The summed E-state index contributed by atoms with van der Waals surface area (Å²) >= 11 is 13.4. The van der Waals surface area contributed by atoms with E-state index in [4.69, 9.17) is 23.2 Å². The number of halogens is 2. The average molecular weight is 326 g/mol. The van der Waals surface area contributed by atoms with Gasteiger partial charge in [-0.3, -0.25) is 9.73 Å². The molecule has 0 aromatic heterocycles. The number of fused-ring (bicyclic) bond motifs is 1. The zero-order chi connectivity index (χ0) is 14.1. The summed E-state index contributed by atoms with van der Waals surface area (Å²) in [5.41, 5.74) is 4.41. The van der Waals surface area contributed by atoms with Crippen LogP contribution in [-0.2, 0) is 0 Å². The highest BCUT2D eigenvalue weighted by atomic mass is 35.5. The third kappa shape index (κ3) is 2.52. The Labute approximate surface area is 130 Å². The quantitative estimate of drug-likeness (QED) is 0.630. The van der Waals surface area contributed by atoms with E-state index in [1.54, 1.807) is 28.6 Å². The molecule has 2 aromatic carbocycles. The van der Waals surface area contributed by atoms with Crippen molar-refractivity contribution in [1.82, 2.24) is 0 Å². The van der Waals surface area contributed by atoms with Gasteiger partial charge in [-0.05, 0) is 53.9 Å². The van der Waals surface area contributed by atoms with E-state index >= 15 is 0 Å². The zero-order valence-corrected chi connectivity index (χ0v) is 12.4. The van der Waals surface area contributed by atoms with Crippen molar-refractivity contribution < 1.29 is 5.11 Å². The lowest BCUT2D eigenvalue weighted by molar-refractivity contribution is 0.462.